The molecular weight excluding hydrogens is 196 g/mol. The summed E-state index contributed by atoms with van der Waals surface area (Å²) in [4.78, 5) is 10.2. The van der Waals surface area contributed by atoms with Crippen LogP contribution in [0.3, 0.4) is 0 Å². The number of carbonyl (C=O) groups is 1. The highest BCUT2D eigenvalue weighted by atomic mass is 16.5. The van der Waals surface area contributed by atoms with E-state index in [2.05, 4.69) is 0 Å². The fourth-order valence-corrected chi connectivity index (χ4v) is 1.17. The standard InChI is InChI=1S/C11H22O4/c1-3-14-9-10(2)15-8-6-4-5-7-11(12)13/h10H,3-9H2,1-2H3,(H,12,13). The molecule has 0 aromatic carbocycles. The number of hydrogen-bond donors (Lipinski definition) is 1. The molecule has 0 saturated heterocycles. The third-order valence-electron chi connectivity index (χ3n) is 1.99. The van der Waals surface area contributed by atoms with Gasteiger partial charge in [-0.05, 0) is 26.7 Å². The van der Waals surface area contributed by atoms with Crippen LogP contribution in [-0.2, 0) is 14.3 Å². The summed E-state index contributed by atoms with van der Waals surface area (Å²) in [5.41, 5.74) is 0. The van der Waals surface area contributed by atoms with E-state index < -0.39 is 5.97 Å². The van der Waals surface area contributed by atoms with Crippen LogP contribution in [0.2, 0.25) is 0 Å². The molecule has 0 bridgehead atoms. The van der Waals surface area contributed by atoms with E-state index in [0.717, 1.165) is 19.3 Å². The first-order valence-corrected chi connectivity index (χ1v) is 5.58. The van der Waals surface area contributed by atoms with Crippen LogP contribution in [0.1, 0.15) is 39.5 Å². The lowest BCUT2D eigenvalue weighted by atomic mass is 10.2. The zero-order chi connectivity index (χ0) is 11.5. The van der Waals surface area contributed by atoms with Gasteiger partial charge in [0.2, 0.25) is 0 Å². The molecule has 0 spiro atoms. The second-order valence-electron chi connectivity index (χ2n) is 3.55. The molecule has 1 unspecified atom stereocenters. The van der Waals surface area contributed by atoms with Crippen LogP contribution >= 0.6 is 0 Å². The van der Waals surface area contributed by atoms with Crippen LogP contribution in [0.15, 0.2) is 0 Å². The van der Waals surface area contributed by atoms with Gasteiger partial charge in [-0.25, -0.2) is 0 Å². The van der Waals surface area contributed by atoms with Crippen LogP contribution in [0.25, 0.3) is 0 Å². The van der Waals surface area contributed by atoms with E-state index in [1.807, 2.05) is 13.8 Å². The van der Waals surface area contributed by atoms with Crippen LogP contribution in [0, 0.1) is 0 Å². The zero-order valence-corrected chi connectivity index (χ0v) is 9.70. The van der Waals surface area contributed by atoms with Gasteiger partial charge in [-0.15, -0.1) is 0 Å². The van der Waals surface area contributed by atoms with Crippen molar-refractivity contribution in [1.82, 2.24) is 0 Å². The largest absolute Gasteiger partial charge is 0.481 e. The lowest BCUT2D eigenvalue weighted by Crippen LogP contribution is -2.16. The third-order valence-corrected chi connectivity index (χ3v) is 1.99. The summed E-state index contributed by atoms with van der Waals surface area (Å²) in [7, 11) is 0. The van der Waals surface area contributed by atoms with E-state index in [0.29, 0.717) is 19.8 Å². The Kier molecular flexibility index (Phi) is 9.52. The van der Waals surface area contributed by atoms with Crippen molar-refractivity contribution < 1.29 is 19.4 Å². The normalized spacial score (nSPS) is 12.7. The fraction of sp³-hybridized carbons (Fsp3) is 0.909. The molecule has 0 fully saturated rings. The summed E-state index contributed by atoms with van der Waals surface area (Å²) in [5, 5.41) is 8.41. The monoisotopic (exact) mass is 218 g/mol. The Labute approximate surface area is 91.6 Å². The molecule has 0 aliphatic carbocycles. The molecule has 1 N–H and O–H groups in total. The molecule has 4 heteroatoms. The van der Waals surface area contributed by atoms with Gasteiger partial charge in [0.05, 0.1) is 12.7 Å². The Morgan fingerprint density at radius 3 is 2.67 bits per heavy atom. The van der Waals surface area contributed by atoms with Crippen LogP contribution in [0.5, 0.6) is 0 Å². The maximum atomic E-state index is 10.2. The number of hydrogen-bond acceptors (Lipinski definition) is 3. The van der Waals surface area contributed by atoms with Crippen molar-refractivity contribution in [2.75, 3.05) is 19.8 Å². The number of aliphatic carboxylic acids is 1. The van der Waals surface area contributed by atoms with Gasteiger partial charge in [0.25, 0.3) is 0 Å². The number of rotatable bonds is 10. The van der Waals surface area contributed by atoms with E-state index in [9.17, 15) is 4.79 Å². The second-order valence-corrected chi connectivity index (χ2v) is 3.55. The molecular formula is C11H22O4. The minimum Gasteiger partial charge on any atom is -0.481 e. The average molecular weight is 218 g/mol. The zero-order valence-electron chi connectivity index (χ0n) is 9.70. The van der Waals surface area contributed by atoms with E-state index in [-0.39, 0.29) is 12.5 Å². The predicted molar refractivity (Wildman–Crippen MR) is 58.0 cm³/mol. The van der Waals surface area contributed by atoms with Gasteiger partial charge in [-0.1, -0.05) is 6.42 Å². The second kappa shape index (κ2) is 9.93. The first-order valence-electron chi connectivity index (χ1n) is 5.58. The Morgan fingerprint density at radius 2 is 2.07 bits per heavy atom. The maximum absolute atomic E-state index is 10.2. The molecule has 0 radical (unpaired) electrons. The van der Waals surface area contributed by atoms with Crippen LogP contribution in [0.4, 0.5) is 0 Å². The predicted octanol–water partition coefficient (Wildman–Crippen LogP) is 2.07. The van der Waals surface area contributed by atoms with Crippen molar-refractivity contribution in [3.05, 3.63) is 0 Å². The van der Waals surface area contributed by atoms with Gasteiger partial charge in [-0.2, -0.15) is 0 Å². The Morgan fingerprint density at radius 1 is 1.33 bits per heavy atom. The quantitative estimate of drug-likeness (QED) is 0.570. The number of unbranched alkanes of at least 4 members (excludes halogenated alkanes) is 2. The highest BCUT2D eigenvalue weighted by molar-refractivity contribution is 5.66. The number of carboxylic acid groups (broad SMARTS) is 1. The first kappa shape index (κ1) is 14.4. The molecule has 0 amide bonds. The molecule has 0 aliphatic rings. The van der Waals surface area contributed by atoms with Crippen molar-refractivity contribution in [1.29, 1.82) is 0 Å². The van der Waals surface area contributed by atoms with Crippen molar-refractivity contribution in [3.8, 4) is 0 Å². The average Bonchev–Trinajstić information content (AvgIpc) is 2.19. The lowest BCUT2D eigenvalue weighted by molar-refractivity contribution is -0.137. The van der Waals surface area contributed by atoms with Crippen molar-refractivity contribution in [2.24, 2.45) is 0 Å². The summed E-state index contributed by atoms with van der Waals surface area (Å²) in [5.74, 6) is -0.722. The topological polar surface area (TPSA) is 55.8 Å². The Balaban J connectivity index is 3.12. The maximum Gasteiger partial charge on any atom is 0.303 e. The molecule has 15 heavy (non-hydrogen) atoms. The van der Waals surface area contributed by atoms with E-state index in [1.54, 1.807) is 0 Å². The van der Waals surface area contributed by atoms with Crippen molar-refractivity contribution >= 4 is 5.97 Å². The minimum absolute atomic E-state index is 0.129. The SMILES string of the molecule is CCOCC(C)OCCCCCC(=O)O. The van der Waals surface area contributed by atoms with Gasteiger partial charge in [0.15, 0.2) is 0 Å². The molecule has 0 saturated carbocycles. The molecule has 90 valence electrons. The van der Waals surface area contributed by atoms with Gasteiger partial charge >= 0.3 is 5.97 Å². The summed E-state index contributed by atoms with van der Waals surface area (Å²) >= 11 is 0. The van der Waals surface area contributed by atoms with E-state index in [4.69, 9.17) is 14.6 Å². The van der Waals surface area contributed by atoms with Gasteiger partial charge in [0.1, 0.15) is 0 Å². The molecule has 0 aromatic rings. The Bertz CT molecular complexity index is 159. The fourth-order valence-electron chi connectivity index (χ4n) is 1.17. The number of carboxylic acids is 1. The molecule has 4 nitrogen and oxygen atoms in total. The van der Waals surface area contributed by atoms with Gasteiger partial charge < -0.3 is 14.6 Å². The first-order chi connectivity index (χ1) is 7.16. The van der Waals surface area contributed by atoms with Crippen LogP contribution < -0.4 is 0 Å². The summed E-state index contributed by atoms with van der Waals surface area (Å²) in [6.45, 7) is 5.97. The number of ether oxygens (including phenoxy) is 2. The molecule has 0 aromatic heterocycles. The van der Waals surface area contributed by atoms with Crippen molar-refractivity contribution in [2.45, 2.75) is 45.6 Å². The molecule has 1 atom stereocenters. The highest BCUT2D eigenvalue weighted by Crippen LogP contribution is 2.01. The van der Waals surface area contributed by atoms with Crippen molar-refractivity contribution in [3.63, 3.8) is 0 Å². The van der Waals surface area contributed by atoms with Gasteiger partial charge in [0, 0.05) is 19.6 Å². The van der Waals surface area contributed by atoms with E-state index in [1.165, 1.54) is 0 Å². The van der Waals surface area contributed by atoms with Gasteiger partial charge in [-0.3, -0.25) is 4.79 Å². The Hall–Kier alpha value is -0.610. The summed E-state index contributed by atoms with van der Waals surface area (Å²) in [6.07, 6.45) is 2.95. The molecule has 0 heterocycles. The third kappa shape index (κ3) is 11.3. The summed E-state index contributed by atoms with van der Waals surface area (Å²) in [6, 6.07) is 0. The molecule has 0 aliphatic heterocycles. The van der Waals surface area contributed by atoms with Crippen LogP contribution in [-0.4, -0.2) is 37.0 Å². The minimum atomic E-state index is -0.722. The highest BCUT2D eigenvalue weighted by Gasteiger charge is 2.01. The lowest BCUT2D eigenvalue weighted by Gasteiger charge is -2.12. The van der Waals surface area contributed by atoms with E-state index >= 15 is 0 Å². The smallest absolute Gasteiger partial charge is 0.303 e. The summed E-state index contributed by atoms with van der Waals surface area (Å²) < 4.78 is 10.7. The molecule has 0 rings (SSSR count).